The number of rotatable bonds is 10. The molecule has 0 spiro atoms. The van der Waals surface area contributed by atoms with Gasteiger partial charge in [-0.05, 0) is 35.6 Å². The number of nitrogens with one attached hydrogen (secondary N) is 1. The van der Waals surface area contributed by atoms with Crippen LogP contribution in [0.3, 0.4) is 0 Å². The smallest absolute Gasteiger partial charge is 0.264 e. The first-order chi connectivity index (χ1) is 16.0. The van der Waals surface area contributed by atoms with Crippen molar-refractivity contribution in [1.82, 2.24) is 15.1 Å². The normalized spacial score (nSPS) is 17.6. The Kier molecular flexibility index (Phi) is 8.81. The molecule has 2 heterocycles. The predicted octanol–water partition coefficient (Wildman–Crippen LogP) is 1.09. The van der Waals surface area contributed by atoms with Crippen molar-refractivity contribution in [3.63, 3.8) is 0 Å². The number of ether oxygens (including phenoxy) is 2. The van der Waals surface area contributed by atoms with Crippen LogP contribution in [0.15, 0.2) is 41.8 Å². The van der Waals surface area contributed by atoms with E-state index in [-0.39, 0.29) is 36.9 Å². The van der Waals surface area contributed by atoms with Crippen LogP contribution in [0.2, 0.25) is 0 Å². The van der Waals surface area contributed by atoms with E-state index < -0.39 is 6.04 Å². The summed E-state index contributed by atoms with van der Waals surface area (Å²) >= 11 is 1.36. The Hall–Kier alpha value is -2.95. The number of nitrogens with two attached hydrogens (primary N) is 1. The van der Waals surface area contributed by atoms with Crippen molar-refractivity contribution in [2.75, 3.05) is 40.5 Å². The Morgan fingerprint density at radius 2 is 2.06 bits per heavy atom. The number of hydrogen-bond acceptors (Lipinski definition) is 7. The summed E-state index contributed by atoms with van der Waals surface area (Å²) < 4.78 is 10.3. The summed E-state index contributed by atoms with van der Waals surface area (Å²) in [6, 6.07) is 10.1. The van der Waals surface area contributed by atoms with Crippen LogP contribution in [0, 0.1) is 0 Å². The maximum Gasteiger partial charge on any atom is 0.264 e. The standard InChI is InChI=1S/C23H30N4O5S/c1-31-15-21(28)27-14-17(12-19(27)22(29)25-9-8-24)26(23(30)20-7-4-10-33-20)13-16-5-3-6-18(11-16)32-2/h3-7,10-11,17,19H,8-9,12-15,24H2,1-2H3,(H,25,29). The van der Waals surface area contributed by atoms with Crippen LogP contribution in [-0.4, -0.2) is 80.1 Å². The van der Waals surface area contributed by atoms with Gasteiger partial charge in [-0.1, -0.05) is 18.2 Å². The highest BCUT2D eigenvalue weighted by atomic mass is 32.1. The predicted molar refractivity (Wildman–Crippen MR) is 125 cm³/mol. The van der Waals surface area contributed by atoms with Gasteiger partial charge in [-0.3, -0.25) is 14.4 Å². The topological polar surface area (TPSA) is 114 Å². The zero-order chi connectivity index (χ0) is 23.8. The molecule has 1 aliphatic rings. The van der Waals surface area contributed by atoms with Crippen molar-refractivity contribution >= 4 is 29.1 Å². The molecule has 33 heavy (non-hydrogen) atoms. The fourth-order valence-electron chi connectivity index (χ4n) is 3.96. The number of nitrogens with zero attached hydrogens (tertiary/aromatic N) is 2. The fraction of sp³-hybridized carbons (Fsp3) is 0.435. The van der Waals surface area contributed by atoms with Crippen LogP contribution in [-0.2, 0) is 20.9 Å². The van der Waals surface area contributed by atoms with Gasteiger partial charge >= 0.3 is 0 Å². The SMILES string of the molecule is COCC(=O)N1CC(N(Cc2cccc(OC)c2)C(=O)c2cccs2)CC1C(=O)NCCN. The van der Waals surface area contributed by atoms with Crippen molar-refractivity contribution in [1.29, 1.82) is 0 Å². The van der Waals surface area contributed by atoms with E-state index in [2.05, 4.69) is 5.32 Å². The number of amides is 3. The van der Waals surface area contributed by atoms with Crippen molar-refractivity contribution < 1.29 is 23.9 Å². The Morgan fingerprint density at radius 3 is 2.73 bits per heavy atom. The third-order valence-electron chi connectivity index (χ3n) is 5.53. The van der Waals surface area contributed by atoms with Gasteiger partial charge in [0, 0.05) is 33.3 Å². The molecule has 0 aliphatic carbocycles. The molecule has 1 aromatic carbocycles. The number of thiophene rings is 1. The summed E-state index contributed by atoms with van der Waals surface area (Å²) in [5.74, 6) is -0.0199. The van der Waals surface area contributed by atoms with E-state index in [1.165, 1.54) is 23.3 Å². The molecule has 1 saturated heterocycles. The average molecular weight is 475 g/mol. The maximum atomic E-state index is 13.5. The van der Waals surface area contributed by atoms with Crippen LogP contribution in [0.1, 0.15) is 21.7 Å². The van der Waals surface area contributed by atoms with Crippen LogP contribution in [0.4, 0.5) is 0 Å². The van der Waals surface area contributed by atoms with E-state index in [0.717, 1.165) is 5.56 Å². The molecule has 2 atom stereocenters. The second-order valence-corrected chi connectivity index (χ2v) is 8.67. The lowest BCUT2D eigenvalue weighted by molar-refractivity contribution is -0.141. The molecule has 1 aromatic heterocycles. The van der Waals surface area contributed by atoms with Gasteiger partial charge in [0.25, 0.3) is 5.91 Å². The summed E-state index contributed by atoms with van der Waals surface area (Å²) in [5.41, 5.74) is 6.41. The monoisotopic (exact) mass is 474 g/mol. The van der Waals surface area contributed by atoms with Crippen molar-refractivity contribution in [2.24, 2.45) is 5.73 Å². The maximum absolute atomic E-state index is 13.5. The van der Waals surface area contributed by atoms with Gasteiger partial charge in [-0.25, -0.2) is 0 Å². The molecule has 9 nitrogen and oxygen atoms in total. The van der Waals surface area contributed by atoms with Crippen LogP contribution >= 0.6 is 11.3 Å². The molecule has 0 bridgehead atoms. The van der Waals surface area contributed by atoms with E-state index in [4.69, 9.17) is 15.2 Å². The van der Waals surface area contributed by atoms with Crippen molar-refractivity contribution in [3.8, 4) is 5.75 Å². The third-order valence-corrected chi connectivity index (χ3v) is 6.39. The molecule has 178 valence electrons. The third kappa shape index (κ3) is 6.10. The number of hydrogen-bond donors (Lipinski definition) is 2. The Morgan fingerprint density at radius 1 is 1.24 bits per heavy atom. The number of carbonyl (C=O) groups excluding carboxylic acids is 3. The molecule has 2 unspecified atom stereocenters. The van der Waals surface area contributed by atoms with Gasteiger partial charge in [-0.15, -0.1) is 11.3 Å². The van der Waals surface area contributed by atoms with Gasteiger partial charge < -0.3 is 30.3 Å². The van der Waals surface area contributed by atoms with Gasteiger partial charge in [0.1, 0.15) is 18.4 Å². The Bertz CT molecular complexity index is 952. The zero-order valence-corrected chi connectivity index (χ0v) is 19.7. The Balaban J connectivity index is 1.89. The van der Waals surface area contributed by atoms with Crippen LogP contribution in [0.5, 0.6) is 5.75 Å². The molecule has 1 aliphatic heterocycles. The summed E-state index contributed by atoms with van der Waals surface area (Å²) in [6.45, 7) is 1.04. The van der Waals surface area contributed by atoms with Crippen molar-refractivity contribution in [2.45, 2.75) is 25.0 Å². The minimum atomic E-state index is -0.701. The number of carbonyl (C=O) groups is 3. The molecule has 2 aromatic rings. The van der Waals surface area contributed by atoms with Gasteiger partial charge in [0.15, 0.2) is 0 Å². The van der Waals surface area contributed by atoms with E-state index in [1.807, 2.05) is 35.7 Å². The van der Waals surface area contributed by atoms with E-state index in [0.29, 0.717) is 36.7 Å². The molecule has 10 heteroatoms. The molecular formula is C23H30N4O5S. The second-order valence-electron chi connectivity index (χ2n) is 7.73. The highest BCUT2D eigenvalue weighted by Crippen LogP contribution is 2.27. The highest BCUT2D eigenvalue weighted by Gasteiger charge is 2.43. The van der Waals surface area contributed by atoms with E-state index in [9.17, 15) is 14.4 Å². The lowest BCUT2D eigenvalue weighted by Gasteiger charge is -2.29. The van der Waals surface area contributed by atoms with Gasteiger partial charge in [0.05, 0.1) is 18.0 Å². The number of methoxy groups -OCH3 is 2. The summed E-state index contributed by atoms with van der Waals surface area (Å²) in [5, 5.41) is 4.62. The molecule has 3 N–H and O–H groups in total. The Labute approximate surface area is 197 Å². The van der Waals surface area contributed by atoms with E-state index >= 15 is 0 Å². The molecule has 0 radical (unpaired) electrons. The fourth-order valence-corrected chi connectivity index (χ4v) is 4.64. The molecule has 3 amide bonds. The van der Waals surface area contributed by atoms with Gasteiger partial charge in [-0.2, -0.15) is 0 Å². The first-order valence-corrected chi connectivity index (χ1v) is 11.6. The number of likely N-dealkylation sites (tertiary alicyclic amines) is 1. The average Bonchev–Trinajstić information content (AvgIpc) is 3.51. The van der Waals surface area contributed by atoms with Gasteiger partial charge in [0.2, 0.25) is 11.8 Å². The second kappa shape index (κ2) is 11.8. The van der Waals surface area contributed by atoms with E-state index in [1.54, 1.807) is 18.1 Å². The van der Waals surface area contributed by atoms with Crippen LogP contribution < -0.4 is 15.8 Å². The first kappa shape index (κ1) is 24.7. The lowest BCUT2D eigenvalue weighted by atomic mass is 10.1. The minimum absolute atomic E-state index is 0.137. The molecule has 0 saturated carbocycles. The van der Waals surface area contributed by atoms with Crippen LogP contribution in [0.25, 0.3) is 0 Å². The summed E-state index contributed by atoms with van der Waals surface area (Å²) in [6.07, 6.45) is 0.326. The summed E-state index contributed by atoms with van der Waals surface area (Å²) in [7, 11) is 3.03. The number of benzene rings is 1. The first-order valence-electron chi connectivity index (χ1n) is 10.7. The molecule has 1 fully saturated rings. The largest absolute Gasteiger partial charge is 0.497 e. The lowest BCUT2D eigenvalue weighted by Crippen LogP contribution is -2.48. The minimum Gasteiger partial charge on any atom is -0.497 e. The summed E-state index contributed by atoms with van der Waals surface area (Å²) in [4.78, 5) is 42.8. The molecule has 3 rings (SSSR count). The highest BCUT2D eigenvalue weighted by molar-refractivity contribution is 7.12. The zero-order valence-electron chi connectivity index (χ0n) is 18.9. The molecular weight excluding hydrogens is 444 g/mol. The van der Waals surface area contributed by atoms with Crippen molar-refractivity contribution in [3.05, 3.63) is 52.2 Å². The quantitative estimate of drug-likeness (QED) is 0.533.